The van der Waals surface area contributed by atoms with Gasteiger partial charge >= 0.3 is 5.97 Å². The fraction of sp³-hybridized carbons (Fsp3) is 0.632. The summed E-state index contributed by atoms with van der Waals surface area (Å²) in [5.74, 6) is -0.300. The monoisotopic (exact) mass is 365 g/mol. The summed E-state index contributed by atoms with van der Waals surface area (Å²) >= 11 is 0. The van der Waals surface area contributed by atoms with Gasteiger partial charge in [0.25, 0.3) is 0 Å². The second kappa shape index (κ2) is 8.92. The molecule has 2 fully saturated rings. The van der Waals surface area contributed by atoms with Crippen LogP contribution < -0.4 is 5.73 Å². The number of carbonyl (C=O) groups is 1. The Morgan fingerprint density at radius 1 is 1.27 bits per heavy atom. The average Bonchev–Trinajstić information content (AvgIpc) is 2.69. The first-order valence-corrected chi connectivity index (χ1v) is 9.03. The summed E-state index contributed by atoms with van der Waals surface area (Å²) in [6, 6.07) is 9.37. The first-order valence-electron chi connectivity index (χ1n) is 9.03. The van der Waals surface area contributed by atoms with E-state index in [2.05, 4.69) is 0 Å². The van der Waals surface area contributed by atoms with Crippen LogP contribution in [0, 0.1) is 0 Å². The smallest absolute Gasteiger partial charge is 0.308 e. The van der Waals surface area contributed by atoms with Gasteiger partial charge in [0, 0.05) is 5.56 Å². The Bertz CT molecular complexity index is 583. The molecule has 7 heteroatoms. The highest BCUT2D eigenvalue weighted by atomic mass is 16.7. The lowest BCUT2D eigenvalue weighted by Crippen LogP contribution is -2.62. The largest absolute Gasteiger partial charge is 0.469 e. The summed E-state index contributed by atoms with van der Waals surface area (Å²) in [6.07, 6.45) is -0.746. The number of nitrogens with two attached hydrogens (primary N) is 1. The molecule has 7 nitrogen and oxygen atoms in total. The third-order valence-electron chi connectivity index (χ3n) is 4.86. The molecule has 0 radical (unpaired) electrons. The first-order chi connectivity index (χ1) is 12.6. The van der Waals surface area contributed by atoms with Crippen LogP contribution in [-0.2, 0) is 28.5 Å². The maximum Gasteiger partial charge on any atom is 0.308 e. The topological polar surface area (TPSA) is 89.2 Å². The van der Waals surface area contributed by atoms with Crippen molar-refractivity contribution in [3.05, 3.63) is 35.9 Å². The minimum Gasteiger partial charge on any atom is -0.469 e. The number of fused-ring (bicyclic) bond motifs is 1. The molecule has 2 saturated heterocycles. The molecule has 0 amide bonds. The molecule has 3 rings (SSSR count). The molecule has 2 aliphatic rings. The zero-order valence-corrected chi connectivity index (χ0v) is 15.2. The van der Waals surface area contributed by atoms with Crippen LogP contribution in [0.15, 0.2) is 30.3 Å². The predicted octanol–water partition coefficient (Wildman–Crippen LogP) is 1.55. The van der Waals surface area contributed by atoms with E-state index < -0.39 is 6.29 Å². The zero-order chi connectivity index (χ0) is 18.5. The molecule has 0 spiro atoms. The number of esters is 1. The highest BCUT2D eigenvalue weighted by Crippen LogP contribution is 2.32. The van der Waals surface area contributed by atoms with Gasteiger partial charge in [0.15, 0.2) is 6.29 Å². The molecule has 6 unspecified atom stereocenters. The lowest BCUT2D eigenvalue weighted by atomic mass is 9.96. The fourth-order valence-electron chi connectivity index (χ4n) is 3.29. The first kappa shape index (κ1) is 19.3. The van der Waals surface area contributed by atoms with Gasteiger partial charge < -0.3 is 29.4 Å². The van der Waals surface area contributed by atoms with Crippen molar-refractivity contribution in [2.75, 3.05) is 20.3 Å². The lowest BCUT2D eigenvalue weighted by Gasteiger charge is -2.45. The van der Waals surface area contributed by atoms with E-state index in [1.807, 2.05) is 37.3 Å². The summed E-state index contributed by atoms with van der Waals surface area (Å²) in [5.41, 5.74) is 7.38. The van der Waals surface area contributed by atoms with E-state index in [1.54, 1.807) is 0 Å². The van der Waals surface area contributed by atoms with Gasteiger partial charge in [0.1, 0.15) is 12.2 Å². The standard InChI is InChI=1S/C19H27NO6/c1-3-13(9-16(21)22-2)25-14-10-23-15-11-24-19(26-18(15)17(14)20)12-7-5-4-6-8-12/h4-8,13-15,17-19H,3,9-11,20H2,1-2H3. The van der Waals surface area contributed by atoms with Gasteiger partial charge in [-0.05, 0) is 6.42 Å². The van der Waals surface area contributed by atoms with E-state index >= 15 is 0 Å². The van der Waals surface area contributed by atoms with Crippen molar-refractivity contribution in [1.29, 1.82) is 0 Å². The average molecular weight is 365 g/mol. The number of rotatable bonds is 6. The molecule has 0 aliphatic carbocycles. The van der Waals surface area contributed by atoms with Gasteiger partial charge in [-0.15, -0.1) is 0 Å². The van der Waals surface area contributed by atoms with E-state index in [9.17, 15) is 4.79 Å². The molecule has 0 bridgehead atoms. The SMILES string of the molecule is CCC(CC(=O)OC)OC1COC2COC(c3ccccc3)OC2C1N. The molecule has 2 N–H and O–H groups in total. The fourth-order valence-corrected chi connectivity index (χ4v) is 3.29. The second-order valence-electron chi connectivity index (χ2n) is 6.61. The molecular formula is C19H27NO6. The lowest BCUT2D eigenvalue weighted by molar-refractivity contribution is -0.298. The van der Waals surface area contributed by atoms with Crippen molar-refractivity contribution >= 4 is 5.97 Å². The van der Waals surface area contributed by atoms with Gasteiger partial charge in [-0.3, -0.25) is 4.79 Å². The molecule has 2 aliphatic heterocycles. The quantitative estimate of drug-likeness (QED) is 0.765. The van der Waals surface area contributed by atoms with Gasteiger partial charge in [-0.25, -0.2) is 0 Å². The maximum absolute atomic E-state index is 11.5. The van der Waals surface area contributed by atoms with Crippen LogP contribution in [0.5, 0.6) is 0 Å². The van der Waals surface area contributed by atoms with Crippen molar-refractivity contribution < 1.29 is 28.5 Å². The van der Waals surface area contributed by atoms with Crippen LogP contribution in [0.4, 0.5) is 0 Å². The van der Waals surface area contributed by atoms with Crippen molar-refractivity contribution in [2.24, 2.45) is 5.73 Å². The predicted molar refractivity (Wildman–Crippen MR) is 93.3 cm³/mol. The highest BCUT2D eigenvalue weighted by molar-refractivity contribution is 5.69. The van der Waals surface area contributed by atoms with Crippen molar-refractivity contribution in [3.8, 4) is 0 Å². The number of ether oxygens (including phenoxy) is 5. The van der Waals surface area contributed by atoms with E-state index in [0.717, 1.165) is 5.56 Å². The molecule has 26 heavy (non-hydrogen) atoms. The van der Waals surface area contributed by atoms with Crippen LogP contribution in [0.25, 0.3) is 0 Å². The summed E-state index contributed by atoms with van der Waals surface area (Å²) in [4.78, 5) is 11.5. The number of hydrogen-bond acceptors (Lipinski definition) is 7. The molecule has 1 aromatic rings. The Kier molecular flexibility index (Phi) is 6.61. The van der Waals surface area contributed by atoms with Crippen molar-refractivity contribution in [3.63, 3.8) is 0 Å². The van der Waals surface area contributed by atoms with Gasteiger partial charge in [-0.1, -0.05) is 37.3 Å². The summed E-state index contributed by atoms with van der Waals surface area (Å²) in [6.45, 7) is 2.73. The Morgan fingerprint density at radius 3 is 2.73 bits per heavy atom. The second-order valence-corrected chi connectivity index (χ2v) is 6.61. The van der Waals surface area contributed by atoms with E-state index in [4.69, 9.17) is 29.4 Å². The van der Waals surface area contributed by atoms with Crippen LogP contribution in [0.3, 0.4) is 0 Å². The van der Waals surface area contributed by atoms with E-state index in [1.165, 1.54) is 7.11 Å². The Morgan fingerprint density at radius 2 is 2.04 bits per heavy atom. The summed E-state index contributed by atoms with van der Waals surface area (Å²) in [7, 11) is 1.37. The third kappa shape index (κ3) is 4.42. The van der Waals surface area contributed by atoms with Crippen LogP contribution in [0.2, 0.25) is 0 Å². The molecule has 0 aromatic heterocycles. The van der Waals surface area contributed by atoms with Crippen LogP contribution in [-0.4, -0.2) is 56.8 Å². The normalized spacial score (nSPS) is 32.5. The van der Waals surface area contributed by atoms with Gasteiger partial charge in [0.05, 0.1) is 45.0 Å². The van der Waals surface area contributed by atoms with Gasteiger partial charge in [-0.2, -0.15) is 0 Å². The number of benzene rings is 1. The summed E-state index contributed by atoms with van der Waals surface area (Å²) < 4.78 is 28.5. The molecule has 6 atom stereocenters. The maximum atomic E-state index is 11.5. The molecular weight excluding hydrogens is 338 g/mol. The Hall–Kier alpha value is -1.51. The zero-order valence-electron chi connectivity index (χ0n) is 15.2. The molecule has 2 heterocycles. The minimum absolute atomic E-state index is 0.195. The van der Waals surface area contributed by atoms with Crippen molar-refractivity contribution in [1.82, 2.24) is 0 Å². The van der Waals surface area contributed by atoms with Crippen LogP contribution in [0.1, 0.15) is 31.6 Å². The van der Waals surface area contributed by atoms with E-state index in [0.29, 0.717) is 19.6 Å². The number of carbonyl (C=O) groups excluding carboxylic acids is 1. The molecule has 0 saturated carbocycles. The third-order valence-corrected chi connectivity index (χ3v) is 4.86. The minimum atomic E-state index is -0.470. The molecule has 1 aromatic carbocycles. The number of methoxy groups -OCH3 is 1. The Labute approximate surface area is 153 Å². The van der Waals surface area contributed by atoms with Gasteiger partial charge in [0.2, 0.25) is 0 Å². The van der Waals surface area contributed by atoms with Crippen LogP contribution >= 0.6 is 0 Å². The Balaban J connectivity index is 1.63. The van der Waals surface area contributed by atoms with E-state index in [-0.39, 0.29) is 42.8 Å². The highest BCUT2D eigenvalue weighted by Gasteiger charge is 2.45. The summed E-state index contributed by atoms with van der Waals surface area (Å²) in [5, 5.41) is 0. The number of hydrogen-bond donors (Lipinski definition) is 1. The molecule has 144 valence electrons. The van der Waals surface area contributed by atoms with Crippen molar-refractivity contribution in [2.45, 2.75) is 56.5 Å².